The van der Waals surface area contributed by atoms with E-state index in [1.807, 2.05) is 32.0 Å². The Morgan fingerprint density at radius 1 is 1.23 bits per heavy atom. The molecular weight excluding hydrogens is 330 g/mol. The molecule has 0 aliphatic carbocycles. The van der Waals surface area contributed by atoms with E-state index >= 15 is 0 Å². The molecule has 1 aromatic heterocycles. The third-order valence-corrected chi connectivity index (χ3v) is 4.93. The maximum absolute atomic E-state index is 12.1. The summed E-state index contributed by atoms with van der Waals surface area (Å²) >= 11 is 0. The molecule has 1 aliphatic rings. The standard InChI is InChI=1S/C20H27N3O3/c1-3-23-18-13-16(6-7-17(18)15(2)12-20(23)25)26-14-19(24)21-8-11-22-9-4-5-10-22/h6-7,12-13H,3-5,8-11,14H2,1-2H3,(H,21,24). The Morgan fingerprint density at radius 2 is 2.00 bits per heavy atom. The van der Waals surface area contributed by atoms with E-state index in [9.17, 15) is 9.59 Å². The molecule has 0 atom stereocenters. The molecule has 1 saturated heterocycles. The predicted molar refractivity (Wildman–Crippen MR) is 103 cm³/mol. The number of nitrogens with one attached hydrogen (secondary N) is 1. The van der Waals surface area contributed by atoms with Gasteiger partial charge in [0.1, 0.15) is 5.75 Å². The minimum atomic E-state index is -0.124. The first kappa shape index (κ1) is 18.5. The highest BCUT2D eigenvalue weighted by Gasteiger charge is 2.12. The normalized spacial score (nSPS) is 14.7. The smallest absolute Gasteiger partial charge is 0.257 e. The van der Waals surface area contributed by atoms with E-state index in [2.05, 4.69) is 10.2 Å². The number of rotatable bonds is 7. The summed E-state index contributed by atoms with van der Waals surface area (Å²) in [5.74, 6) is 0.473. The van der Waals surface area contributed by atoms with E-state index in [1.165, 1.54) is 12.8 Å². The molecule has 1 aliphatic heterocycles. The van der Waals surface area contributed by atoms with Gasteiger partial charge in [-0.2, -0.15) is 0 Å². The van der Waals surface area contributed by atoms with Crippen LogP contribution in [0.25, 0.3) is 10.9 Å². The van der Waals surface area contributed by atoms with Gasteiger partial charge in [-0.15, -0.1) is 0 Å². The summed E-state index contributed by atoms with van der Waals surface area (Å²) in [7, 11) is 0. The molecule has 1 aromatic carbocycles. The fraction of sp³-hybridized carbons (Fsp3) is 0.500. The summed E-state index contributed by atoms with van der Waals surface area (Å²) in [4.78, 5) is 26.5. The molecule has 26 heavy (non-hydrogen) atoms. The second-order valence-electron chi connectivity index (χ2n) is 6.78. The van der Waals surface area contributed by atoms with Crippen molar-refractivity contribution in [1.82, 2.24) is 14.8 Å². The van der Waals surface area contributed by atoms with E-state index in [0.717, 1.165) is 36.1 Å². The second kappa shape index (κ2) is 8.36. The highest BCUT2D eigenvalue weighted by molar-refractivity contribution is 5.84. The van der Waals surface area contributed by atoms with Crippen molar-refractivity contribution >= 4 is 16.8 Å². The highest BCUT2D eigenvalue weighted by atomic mass is 16.5. The number of nitrogens with zero attached hydrogens (tertiary/aromatic N) is 2. The Kier molecular flexibility index (Phi) is 5.93. The second-order valence-corrected chi connectivity index (χ2v) is 6.78. The number of carbonyl (C=O) groups is 1. The van der Waals surface area contributed by atoms with Crippen molar-refractivity contribution in [3.05, 3.63) is 40.2 Å². The van der Waals surface area contributed by atoms with Gasteiger partial charge >= 0.3 is 0 Å². The van der Waals surface area contributed by atoms with Gasteiger partial charge in [0.05, 0.1) is 5.52 Å². The lowest BCUT2D eigenvalue weighted by atomic mass is 10.1. The topological polar surface area (TPSA) is 63.6 Å². The molecule has 1 fully saturated rings. The molecular formula is C20H27N3O3. The first-order valence-electron chi connectivity index (χ1n) is 9.34. The quantitative estimate of drug-likeness (QED) is 0.822. The molecule has 6 nitrogen and oxygen atoms in total. The molecule has 1 amide bonds. The van der Waals surface area contributed by atoms with Crippen LogP contribution in [0.2, 0.25) is 0 Å². The van der Waals surface area contributed by atoms with Crippen molar-refractivity contribution in [1.29, 1.82) is 0 Å². The van der Waals surface area contributed by atoms with Crippen molar-refractivity contribution in [2.24, 2.45) is 0 Å². The number of aryl methyl sites for hydroxylation is 2. The average molecular weight is 357 g/mol. The van der Waals surface area contributed by atoms with Crippen molar-refractivity contribution in [3.63, 3.8) is 0 Å². The Morgan fingerprint density at radius 3 is 2.73 bits per heavy atom. The zero-order valence-corrected chi connectivity index (χ0v) is 15.6. The van der Waals surface area contributed by atoms with Crippen molar-refractivity contribution in [2.75, 3.05) is 32.8 Å². The molecule has 3 rings (SSSR count). The van der Waals surface area contributed by atoms with Crippen molar-refractivity contribution in [3.8, 4) is 5.75 Å². The average Bonchev–Trinajstić information content (AvgIpc) is 3.13. The van der Waals surface area contributed by atoms with Crippen LogP contribution in [0.1, 0.15) is 25.3 Å². The van der Waals surface area contributed by atoms with Gasteiger partial charge in [-0.3, -0.25) is 9.59 Å². The third kappa shape index (κ3) is 4.25. The van der Waals surface area contributed by atoms with Gasteiger partial charge < -0.3 is 19.5 Å². The third-order valence-electron chi connectivity index (χ3n) is 4.93. The van der Waals surface area contributed by atoms with Crippen LogP contribution in [-0.4, -0.2) is 48.2 Å². The first-order chi connectivity index (χ1) is 12.6. The number of aromatic nitrogens is 1. The maximum Gasteiger partial charge on any atom is 0.257 e. The van der Waals surface area contributed by atoms with E-state index < -0.39 is 0 Å². The van der Waals surface area contributed by atoms with Gasteiger partial charge in [-0.05, 0) is 57.5 Å². The van der Waals surface area contributed by atoms with E-state index in [0.29, 0.717) is 18.8 Å². The largest absolute Gasteiger partial charge is 0.484 e. The molecule has 2 aromatic rings. The summed E-state index contributed by atoms with van der Waals surface area (Å²) in [6, 6.07) is 7.28. The maximum atomic E-state index is 12.1. The fourth-order valence-corrected chi connectivity index (χ4v) is 3.50. The number of hydrogen-bond donors (Lipinski definition) is 1. The first-order valence-corrected chi connectivity index (χ1v) is 9.34. The molecule has 0 saturated carbocycles. The Labute approximate surface area is 153 Å². The van der Waals surface area contributed by atoms with Crippen LogP contribution in [0.5, 0.6) is 5.75 Å². The Hall–Kier alpha value is -2.34. The summed E-state index contributed by atoms with van der Waals surface area (Å²) in [5, 5.41) is 3.92. The monoisotopic (exact) mass is 357 g/mol. The number of pyridine rings is 1. The van der Waals surface area contributed by atoms with Gasteiger partial charge in [0, 0.05) is 37.2 Å². The Bertz CT molecular complexity index is 838. The predicted octanol–water partition coefficient (Wildman–Crippen LogP) is 1.92. The summed E-state index contributed by atoms with van der Waals surface area (Å²) in [5.41, 5.74) is 1.76. The number of carbonyl (C=O) groups excluding carboxylic acids is 1. The molecule has 140 valence electrons. The molecule has 0 spiro atoms. The summed E-state index contributed by atoms with van der Waals surface area (Å²) < 4.78 is 7.35. The summed E-state index contributed by atoms with van der Waals surface area (Å²) in [6.07, 6.45) is 2.50. The minimum Gasteiger partial charge on any atom is -0.484 e. The summed E-state index contributed by atoms with van der Waals surface area (Å²) in [6.45, 7) is 8.24. The molecule has 1 N–H and O–H groups in total. The van der Waals surface area contributed by atoms with Gasteiger partial charge in [-0.25, -0.2) is 0 Å². The lowest BCUT2D eigenvalue weighted by Gasteiger charge is -2.15. The lowest BCUT2D eigenvalue weighted by Crippen LogP contribution is -2.35. The molecule has 6 heteroatoms. The number of hydrogen-bond acceptors (Lipinski definition) is 4. The van der Waals surface area contributed by atoms with E-state index in [-0.39, 0.29) is 18.1 Å². The van der Waals surface area contributed by atoms with Crippen molar-refractivity contribution < 1.29 is 9.53 Å². The van der Waals surface area contributed by atoms with Crippen LogP contribution in [0.4, 0.5) is 0 Å². The number of fused-ring (bicyclic) bond motifs is 1. The molecule has 0 bridgehead atoms. The SMILES string of the molecule is CCn1c(=O)cc(C)c2ccc(OCC(=O)NCCN3CCCC3)cc21. The van der Waals surface area contributed by atoms with E-state index in [4.69, 9.17) is 4.74 Å². The van der Waals surface area contributed by atoms with Crippen LogP contribution in [0.3, 0.4) is 0 Å². The number of benzene rings is 1. The highest BCUT2D eigenvalue weighted by Crippen LogP contribution is 2.22. The molecule has 0 radical (unpaired) electrons. The van der Waals surface area contributed by atoms with Gasteiger partial charge in [0.15, 0.2) is 6.61 Å². The van der Waals surface area contributed by atoms with Gasteiger partial charge in [0.2, 0.25) is 0 Å². The Balaban J connectivity index is 1.60. The fourth-order valence-electron chi connectivity index (χ4n) is 3.50. The van der Waals surface area contributed by atoms with Crippen molar-refractivity contribution in [2.45, 2.75) is 33.2 Å². The number of likely N-dealkylation sites (tertiary alicyclic amines) is 1. The van der Waals surface area contributed by atoms with E-state index in [1.54, 1.807) is 10.6 Å². The van der Waals surface area contributed by atoms with Crippen LogP contribution in [0.15, 0.2) is 29.1 Å². The van der Waals surface area contributed by atoms with Crippen LogP contribution >= 0.6 is 0 Å². The van der Waals surface area contributed by atoms with Crippen LogP contribution in [0, 0.1) is 6.92 Å². The van der Waals surface area contributed by atoms with Crippen LogP contribution in [-0.2, 0) is 11.3 Å². The zero-order chi connectivity index (χ0) is 18.5. The molecule has 0 unspecified atom stereocenters. The number of amides is 1. The van der Waals surface area contributed by atoms with Crippen LogP contribution < -0.4 is 15.6 Å². The zero-order valence-electron chi connectivity index (χ0n) is 15.6. The lowest BCUT2D eigenvalue weighted by molar-refractivity contribution is -0.123. The molecule has 2 heterocycles. The minimum absolute atomic E-state index is 0.0192. The van der Waals surface area contributed by atoms with Gasteiger partial charge in [0.25, 0.3) is 11.5 Å². The van der Waals surface area contributed by atoms with Gasteiger partial charge in [-0.1, -0.05) is 0 Å². The number of ether oxygens (including phenoxy) is 1.